The lowest BCUT2D eigenvalue weighted by atomic mass is 10.4. The number of aryl methyl sites for hydroxylation is 1. The second-order valence-electron chi connectivity index (χ2n) is 3.24. The molecule has 7 heteroatoms. The van der Waals surface area contributed by atoms with E-state index in [-0.39, 0.29) is 12.3 Å². The SMILES string of the molecule is Cc1cc(CS(=O)(=O)NC/C=C/CN)no1. The fourth-order valence-corrected chi connectivity index (χ4v) is 2.06. The minimum absolute atomic E-state index is 0.180. The molecule has 1 heterocycles. The number of hydrogen-bond donors (Lipinski definition) is 2. The summed E-state index contributed by atoms with van der Waals surface area (Å²) in [4.78, 5) is 0. The molecule has 1 rings (SSSR count). The van der Waals surface area contributed by atoms with E-state index >= 15 is 0 Å². The predicted molar refractivity (Wildman–Crippen MR) is 60.1 cm³/mol. The zero-order valence-electron chi connectivity index (χ0n) is 9.01. The largest absolute Gasteiger partial charge is 0.361 e. The molecule has 6 nitrogen and oxygen atoms in total. The van der Waals surface area contributed by atoms with Crippen LogP contribution in [0.5, 0.6) is 0 Å². The Bertz CT molecular complexity index is 450. The van der Waals surface area contributed by atoms with Crippen molar-refractivity contribution in [2.45, 2.75) is 12.7 Å². The zero-order valence-corrected chi connectivity index (χ0v) is 9.83. The molecule has 0 amide bonds. The summed E-state index contributed by atoms with van der Waals surface area (Å²) in [6, 6.07) is 1.59. The van der Waals surface area contributed by atoms with Crippen molar-refractivity contribution in [1.82, 2.24) is 9.88 Å². The van der Waals surface area contributed by atoms with Crippen LogP contribution in [0.2, 0.25) is 0 Å². The molecule has 0 saturated carbocycles. The molecule has 0 aliphatic carbocycles. The van der Waals surface area contributed by atoms with E-state index in [9.17, 15) is 8.42 Å². The topological polar surface area (TPSA) is 98.2 Å². The van der Waals surface area contributed by atoms with Crippen molar-refractivity contribution in [2.75, 3.05) is 13.1 Å². The van der Waals surface area contributed by atoms with Crippen molar-refractivity contribution >= 4 is 10.0 Å². The van der Waals surface area contributed by atoms with Crippen molar-refractivity contribution in [1.29, 1.82) is 0 Å². The van der Waals surface area contributed by atoms with E-state index in [4.69, 9.17) is 10.3 Å². The average Bonchev–Trinajstić information content (AvgIpc) is 2.58. The van der Waals surface area contributed by atoms with Gasteiger partial charge in [0.05, 0.1) is 0 Å². The molecule has 1 aromatic rings. The number of nitrogens with two attached hydrogens (primary N) is 1. The molecule has 0 aliphatic heterocycles. The highest BCUT2D eigenvalue weighted by molar-refractivity contribution is 7.88. The Morgan fingerprint density at radius 2 is 2.31 bits per heavy atom. The second kappa shape index (κ2) is 5.78. The van der Waals surface area contributed by atoms with Gasteiger partial charge in [0.2, 0.25) is 10.0 Å². The Balaban J connectivity index is 2.49. The predicted octanol–water partition coefficient (Wildman–Crippen LogP) is -0.0827. The lowest BCUT2D eigenvalue weighted by Crippen LogP contribution is -2.25. The third-order valence-electron chi connectivity index (χ3n) is 1.74. The number of nitrogens with one attached hydrogen (secondary N) is 1. The van der Waals surface area contributed by atoms with Gasteiger partial charge in [-0.1, -0.05) is 17.3 Å². The van der Waals surface area contributed by atoms with E-state index in [0.717, 1.165) is 0 Å². The Morgan fingerprint density at radius 1 is 1.56 bits per heavy atom. The van der Waals surface area contributed by atoms with E-state index in [2.05, 4.69) is 9.88 Å². The Morgan fingerprint density at radius 3 is 2.88 bits per heavy atom. The molecule has 0 bridgehead atoms. The number of aromatic nitrogens is 1. The van der Waals surface area contributed by atoms with Gasteiger partial charge >= 0.3 is 0 Å². The summed E-state index contributed by atoms with van der Waals surface area (Å²) < 4.78 is 30.2. The monoisotopic (exact) mass is 245 g/mol. The van der Waals surface area contributed by atoms with Crippen molar-refractivity contribution in [3.63, 3.8) is 0 Å². The van der Waals surface area contributed by atoms with Gasteiger partial charge in [-0.05, 0) is 6.92 Å². The van der Waals surface area contributed by atoms with E-state index in [1.54, 1.807) is 25.1 Å². The highest BCUT2D eigenvalue weighted by Gasteiger charge is 2.13. The van der Waals surface area contributed by atoms with Crippen LogP contribution in [-0.2, 0) is 15.8 Å². The molecule has 16 heavy (non-hydrogen) atoms. The second-order valence-corrected chi connectivity index (χ2v) is 5.05. The summed E-state index contributed by atoms with van der Waals surface area (Å²) >= 11 is 0. The maximum Gasteiger partial charge on any atom is 0.217 e. The summed E-state index contributed by atoms with van der Waals surface area (Å²) in [5.41, 5.74) is 5.61. The molecule has 0 fully saturated rings. The third-order valence-corrected chi connectivity index (χ3v) is 3.02. The van der Waals surface area contributed by atoms with Gasteiger partial charge in [-0.25, -0.2) is 13.1 Å². The van der Waals surface area contributed by atoms with Gasteiger partial charge in [0.25, 0.3) is 0 Å². The first-order valence-corrected chi connectivity index (χ1v) is 6.43. The molecular weight excluding hydrogens is 230 g/mol. The highest BCUT2D eigenvalue weighted by Crippen LogP contribution is 2.05. The summed E-state index contributed by atoms with van der Waals surface area (Å²) in [6.45, 7) is 2.33. The number of hydrogen-bond acceptors (Lipinski definition) is 5. The maximum absolute atomic E-state index is 11.5. The van der Waals surface area contributed by atoms with Crippen LogP contribution in [0.1, 0.15) is 11.5 Å². The van der Waals surface area contributed by atoms with Gasteiger partial charge < -0.3 is 10.3 Å². The normalized spacial score (nSPS) is 12.4. The molecule has 90 valence electrons. The van der Waals surface area contributed by atoms with Gasteiger partial charge in [-0.15, -0.1) is 0 Å². The quantitative estimate of drug-likeness (QED) is 0.683. The van der Waals surface area contributed by atoms with Crippen LogP contribution in [-0.4, -0.2) is 26.7 Å². The molecule has 0 saturated heterocycles. The molecule has 3 N–H and O–H groups in total. The first-order valence-electron chi connectivity index (χ1n) is 4.78. The minimum Gasteiger partial charge on any atom is -0.361 e. The maximum atomic E-state index is 11.5. The Hall–Kier alpha value is -1.18. The van der Waals surface area contributed by atoms with E-state index in [0.29, 0.717) is 18.0 Å². The van der Waals surface area contributed by atoms with Crippen LogP contribution in [0.4, 0.5) is 0 Å². The van der Waals surface area contributed by atoms with Crippen molar-refractivity contribution in [3.05, 3.63) is 29.7 Å². The highest BCUT2D eigenvalue weighted by atomic mass is 32.2. The first-order chi connectivity index (χ1) is 7.53. The first kappa shape index (κ1) is 12.9. The molecule has 0 atom stereocenters. The van der Waals surface area contributed by atoms with Crippen molar-refractivity contribution < 1.29 is 12.9 Å². The van der Waals surface area contributed by atoms with Crippen molar-refractivity contribution in [2.24, 2.45) is 5.73 Å². The molecule has 0 aliphatic rings. The van der Waals surface area contributed by atoms with Crippen LogP contribution in [0.3, 0.4) is 0 Å². The zero-order chi connectivity index (χ0) is 12.0. The van der Waals surface area contributed by atoms with Gasteiger partial charge in [-0.3, -0.25) is 0 Å². The number of rotatable bonds is 6. The van der Waals surface area contributed by atoms with E-state index < -0.39 is 10.0 Å². The number of nitrogens with zero attached hydrogens (tertiary/aromatic N) is 1. The van der Waals surface area contributed by atoms with Gasteiger partial charge in [0.15, 0.2) is 0 Å². The molecule has 1 aromatic heterocycles. The molecule has 0 unspecified atom stereocenters. The van der Waals surface area contributed by atoms with Crippen LogP contribution in [0.25, 0.3) is 0 Å². The summed E-state index contributed by atoms with van der Waals surface area (Å²) in [5.74, 6) is 0.411. The minimum atomic E-state index is -3.37. The third kappa shape index (κ3) is 4.56. The van der Waals surface area contributed by atoms with Crippen LogP contribution in [0.15, 0.2) is 22.7 Å². The fourth-order valence-electron chi connectivity index (χ4n) is 1.09. The van der Waals surface area contributed by atoms with Gasteiger partial charge in [-0.2, -0.15) is 0 Å². The van der Waals surface area contributed by atoms with Gasteiger partial charge in [0, 0.05) is 19.2 Å². The van der Waals surface area contributed by atoms with Gasteiger partial charge in [0.1, 0.15) is 17.2 Å². The summed E-state index contributed by atoms with van der Waals surface area (Å²) in [5, 5.41) is 3.61. The van der Waals surface area contributed by atoms with E-state index in [1.165, 1.54) is 0 Å². The molecule has 0 spiro atoms. The molecule has 0 aromatic carbocycles. The molecule has 0 radical (unpaired) electrons. The van der Waals surface area contributed by atoms with E-state index in [1.807, 2.05) is 0 Å². The smallest absolute Gasteiger partial charge is 0.217 e. The Kier molecular flexibility index (Phi) is 4.66. The summed E-state index contributed by atoms with van der Waals surface area (Å²) in [7, 11) is -3.37. The lowest BCUT2D eigenvalue weighted by Gasteiger charge is -2.01. The van der Waals surface area contributed by atoms with Crippen LogP contribution < -0.4 is 10.5 Å². The van der Waals surface area contributed by atoms with Crippen LogP contribution in [0, 0.1) is 6.92 Å². The fraction of sp³-hybridized carbons (Fsp3) is 0.444. The van der Waals surface area contributed by atoms with Crippen LogP contribution >= 0.6 is 0 Å². The lowest BCUT2D eigenvalue weighted by molar-refractivity contribution is 0.392. The standard InChI is InChI=1S/C9H15N3O3S/c1-8-6-9(12-15-8)7-16(13,14)11-5-3-2-4-10/h2-3,6,11H,4-5,7,10H2,1H3/b3-2+. The summed E-state index contributed by atoms with van der Waals surface area (Å²) in [6.07, 6.45) is 3.34. The Labute approximate surface area is 94.5 Å². The van der Waals surface area contributed by atoms with Crippen molar-refractivity contribution in [3.8, 4) is 0 Å². The molecular formula is C9H15N3O3S. The average molecular weight is 245 g/mol. The number of sulfonamides is 1.